The number of hydrogen-bond donors (Lipinski definition) is 0. The third-order valence-electron chi connectivity index (χ3n) is 4.19. The smallest absolute Gasteiger partial charge is 0.281 e. The van der Waals surface area contributed by atoms with Crippen molar-refractivity contribution < 1.29 is 27.6 Å². The van der Waals surface area contributed by atoms with E-state index in [1.807, 2.05) is 0 Å². The summed E-state index contributed by atoms with van der Waals surface area (Å²) in [5, 5.41) is 0.0477. The molecule has 1 fully saturated rings. The van der Waals surface area contributed by atoms with Crippen LogP contribution in [0.2, 0.25) is 0 Å². The van der Waals surface area contributed by atoms with Gasteiger partial charge < -0.3 is 0 Å². The first-order valence-corrected chi connectivity index (χ1v) is 7.65. The second-order valence-electron chi connectivity index (χ2n) is 5.91. The summed E-state index contributed by atoms with van der Waals surface area (Å²) >= 11 is 0. The van der Waals surface area contributed by atoms with Gasteiger partial charge in [-0.1, -0.05) is 0 Å². The summed E-state index contributed by atoms with van der Waals surface area (Å²) in [5.74, 6) is -4.46. The van der Waals surface area contributed by atoms with E-state index < -0.39 is 46.8 Å². The van der Waals surface area contributed by atoms with Crippen LogP contribution >= 0.6 is 0 Å². The minimum Gasteiger partial charge on any atom is -0.298 e. The molecule has 2 aromatic rings. The quantitative estimate of drug-likeness (QED) is 0.628. The fourth-order valence-corrected chi connectivity index (χ4v) is 2.90. The number of aromatic nitrogens is 2. The van der Waals surface area contributed by atoms with Crippen molar-refractivity contribution in [3.63, 3.8) is 0 Å². The van der Waals surface area contributed by atoms with E-state index in [0.717, 1.165) is 12.1 Å². The van der Waals surface area contributed by atoms with Gasteiger partial charge in [0, 0.05) is 23.8 Å². The van der Waals surface area contributed by atoms with Crippen LogP contribution in [-0.2, 0) is 9.59 Å². The zero-order chi connectivity index (χ0) is 18.3. The Hall–Kier alpha value is -2.64. The van der Waals surface area contributed by atoms with Crippen molar-refractivity contribution in [2.45, 2.75) is 32.6 Å². The summed E-state index contributed by atoms with van der Waals surface area (Å²) in [6, 6.07) is 2.05. The molecule has 0 atom stereocenters. The van der Waals surface area contributed by atoms with E-state index in [1.165, 1.54) is 6.92 Å². The third-order valence-corrected chi connectivity index (χ3v) is 4.19. The highest BCUT2D eigenvalue weighted by molar-refractivity contribution is 6.25. The molecule has 130 valence electrons. The zero-order valence-electron chi connectivity index (χ0n) is 13.2. The van der Waals surface area contributed by atoms with Crippen LogP contribution in [-0.4, -0.2) is 27.3 Å². The molecule has 0 aromatic carbocycles. The van der Waals surface area contributed by atoms with Gasteiger partial charge in [-0.2, -0.15) is 0 Å². The Kier molecular flexibility index (Phi) is 4.36. The van der Waals surface area contributed by atoms with Gasteiger partial charge in [-0.25, -0.2) is 23.1 Å². The van der Waals surface area contributed by atoms with Gasteiger partial charge in [0.05, 0.1) is 5.69 Å². The molecule has 1 aliphatic carbocycles. The number of carbonyl (C=O) groups excluding carboxylic acids is 3. The largest absolute Gasteiger partial charge is 0.298 e. The molecule has 0 radical (unpaired) electrons. The minimum absolute atomic E-state index is 0.0167. The molecule has 0 aliphatic heterocycles. The van der Waals surface area contributed by atoms with E-state index in [2.05, 4.69) is 9.97 Å². The van der Waals surface area contributed by atoms with Gasteiger partial charge in [-0.15, -0.1) is 0 Å². The molecular weight excluding hydrogens is 337 g/mol. The SMILES string of the molecule is Cc1nc2nc(C(F)F)c(C(=O)C3C(=O)CCCC3=O)cc2cc1F. The highest BCUT2D eigenvalue weighted by Gasteiger charge is 2.38. The van der Waals surface area contributed by atoms with E-state index in [0.29, 0.717) is 6.42 Å². The molecule has 8 heteroatoms. The third kappa shape index (κ3) is 3.04. The highest BCUT2D eigenvalue weighted by atomic mass is 19.3. The monoisotopic (exact) mass is 350 g/mol. The number of ketones is 3. The number of carbonyl (C=O) groups is 3. The Balaban J connectivity index is 2.17. The Morgan fingerprint density at radius 1 is 1.16 bits per heavy atom. The van der Waals surface area contributed by atoms with Gasteiger partial charge in [-0.05, 0) is 25.5 Å². The average molecular weight is 350 g/mol. The second kappa shape index (κ2) is 6.34. The van der Waals surface area contributed by atoms with Crippen LogP contribution < -0.4 is 0 Å². The Bertz CT molecular complexity index is 896. The molecule has 1 saturated carbocycles. The van der Waals surface area contributed by atoms with E-state index in [9.17, 15) is 27.6 Å². The lowest BCUT2D eigenvalue weighted by Crippen LogP contribution is -2.35. The number of aryl methyl sites for hydroxylation is 1. The molecule has 2 heterocycles. The van der Waals surface area contributed by atoms with Gasteiger partial charge in [0.2, 0.25) is 0 Å². The number of hydrogen-bond acceptors (Lipinski definition) is 5. The summed E-state index contributed by atoms with van der Waals surface area (Å²) in [7, 11) is 0. The maximum Gasteiger partial charge on any atom is 0.281 e. The lowest BCUT2D eigenvalue weighted by atomic mass is 9.81. The van der Waals surface area contributed by atoms with Gasteiger partial charge in [-0.3, -0.25) is 14.4 Å². The number of nitrogens with zero attached hydrogens (tertiary/aromatic N) is 2. The maximum absolute atomic E-state index is 13.7. The summed E-state index contributed by atoms with van der Waals surface area (Å²) < 4.78 is 40.4. The number of fused-ring (bicyclic) bond motifs is 1. The van der Waals surface area contributed by atoms with Crippen LogP contribution in [0.15, 0.2) is 12.1 Å². The molecular formula is C17H13F3N2O3. The van der Waals surface area contributed by atoms with Crippen LogP contribution in [0.25, 0.3) is 11.0 Å². The molecule has 2 aromatic heterocycles. The van der Waals surface area contributed by atoms with Crippen LogP contribution in [0.3, 0.4) is 0 Å². The highest BCUT2D eigenvalue weighted by Crippen LogP contribution is 2.29. The fourth-order valence-electron chi connectivity index (χ4n) is 2.90. The van der Waals surface area contributed by atoms with Crippen LogP contribution in [0.1, 0.15) is 47.4 Å². The molecule has 25 heavy (non-hydrogen) atoms. The second-order valence-corrected chi connectivity index (χ2v) is 5.91. The minimum atomic E-state index is -3.11. The predicted octanol–water partition coefficient (Wildman–Crippen LogP) is 3.14. The standard InChI is InChI=1S/C17H13F3N2O3/c1-7-10(18)6-8-5-9(14(16(19)20)22-17(8)21-7)15(25)13-11(23)3-2-4-12(13)24/h5-6,13,16H,2-4H2,1H3. The van der Waals surface area contributed by atoms with Crippen LogP contribution in [0.4, 0.5) is 13.2 Å². The lowest BCUT2D eigenvalue weighted by molar-refractivity contribution is -0.133. The number of rotatable bonds is 3. The molecule has 0 saturated heterocycles. The van der Waals surface area contributed by atoms with Gasteiger partial charge in [0.25, 0.3) is 6.43 Å². The first-order chi connectivity index (χ1) is 11.8. The molecule has 0 unspecified atom stereocenters. The summed E-state index contributed by atoms with van der Waals surface area (Å²) in [4.78, 5) is 44.0. The van der Waals surface area contributed by atoms with E-state index >= 15 is 0 Å². The van der Waals surface area contributed by atoms with E-state index in [1.54, 1.807) is 0 Å². The average Bonchev–Trinajstić information content (AvgIpc) is 2.54. The molecule has 5 nitrogen and oxygen atoms in total. The number of pyridine rings is 2. The van der Waals surface area contributed by atoms with Crippen molar-refractivity contribution in [2.75, 3.05) is 0 Å². The first-order valence-electron chi connectivity index (χ1n) is 7.65. The zero-order valence-corrected chi connectivity index (χ0v) is 13.2. The van der Waals surface area contributed by atoms with E-state index in [-0.39, 0.29) is 29.6 Å². The summed E-state index contributed by atoms with van der Waals surface area (Å²) in [5.41, 5.74) is -1.55. The van der Waals surface area contributed by atoms with Crippen LogP contribution in [0, 0.1) is 18.7 Å². The van der Waals surface area contributed by atoms with Crippen molar-refractivity contribution in [1.29, 1.82) is 0 Å². The summed E-state index contributed by atoms with van der Waals surface area (Å²) in [6.07, 6.45) is -2.68. The van der Waals surface area contributed by atoms with Crippen molar-refractivity contribution in [3.8, 4) is 0 Å². The Morgan fingerprint density at radius 2 is 1.80 bits per heavy atom. The lowest BCUT2D eigenvalue weighted by Gasteiger charge is -2.19. The number of alkyl halides is 2. The molecule has 0 bridgehead atoms. The number of halogens is 3. The van der Waals surface area contributed by atoms with Crippen LogP contribution in [0.5, 0.6) is 0 Å². The van der Waals surface area contributed by atoms with Crippen molar-refractivity contribution >= 4 is 28.4 Å². The van der Waals surface area contributed by atoms with Crippen molar-refractivity contribution in [3.05, 3.63) is 34.9 Å². The fraction of sp³-hybridized carbons (Fsp3) is 0.353. The molecule has 0 spiro atoms. The van der Waals surface area contributed by atoms with Crippen molar-refractivity contribution in [2.24, 2.45) is 5.92 Å². The van der Waals surface area contributed by atoms with Gasteiger partial charge >= 0.3 is 0 Å². The molecule has 1 aliphatic rings. The maximum atomic E-state index is 13.7. The Morgan fingerprint density at radius 3 is 2.40 bits per heavy atom. The Labute approximate surface area is 140 Å². The van der Waals surface area contributed by atoms with Gasteiger partial charge in [0.15, 0.2) is 23.0 Å². The number of Topliss-reactive ketones (excluding diaryl/α,β-unsaturated/α-hetero) is 3. The van der Waals surface area contributed by atoms with E-state index in [4.69, 9.17) is 0 Å². The molecule has 0 amide bonds. The van der Waals surface area contributed by atoms with Gasteiger partial charge in [0.1, 0.15) is 17.4 Å². The molecule has 3 rings (SSSR count). The topological polar surface area (TPSA) is 77.0 Å². The molecule has 0 N–H and O–H groups in total. The first kappa shape index (κ1) is 17.2. The summed E-state index contributed by atoms with van der Waals surface area (Å²) in [6.45, 7) is 1.36. The van der Waals surface area contributed by atoms with Crippen molar-refractivity contribution in [1.82, 2.24) is 9.97 Å². The predicted molar refractivity (Wildman–Crippen MR) is 80.9 cm³/mol. The normalized spacial score (nSPS) is 16.0.